The summed E-state index contributed by atoms with van der Waals surface area (Å²) in [5, 5.41) is 3.43. The van der Waals surface area contributed by atoms with Crippen molar-refractivity contribution in [3.63, 3.8) is 0 Å². The first-order valence-electron chi connectivity index (χ1n) is 9.03. The summed E-state index contributed by atoms with van der Waals surface area (Å²) in [6, 6.07) is 14.0. The van der Waals surface area contributed by atoms with Gasteiger partial charge < -0.3 is 10.3 Å². The predicted octanol–water partition coefficient (Wildman–Crippen LogP) is 3.57. The van der Waals surface area contributed by atoms with Crippen molar-refractivity contribution in [2.24, 2.45) is 0 Å². The number of imidazole rings is 2. The lowest BCUT2D eigenvalue weighted by Gasteiger charge is -2.16. The summed E-state index contributed by atoms with van der Waals surface area (Å²) in [6.07, 6.45) is 3.13. The molecule has 4 aromatic heterocycles. The van der Waals surface area contributed by atoms with Crippen molar-refractivity contribution in [1.82, 2.24) is 34.5 Å². The molecule has 28 heavy (non-hydrogen) atoms. The molecule has 5 aromatic rings. The van der Waals surface area contributed by atoms with E-state index in [9.17, 15) is 0 Å². The smallest absolute Gasteiger partial charge is 0.164 e. The number of anilines is 1. The van der Waals surface area contributed by atoms with Crippen LogP contribution in [-0.4, -0.2) is 34.5 Å². The van der Waals surface area contributed by atoms with Crippen molar-refractivity contribution in [3.05, 3.63) is 66.6 Å². The molecule has 8 nitrogen and oxygen atoms in total. The van der Waals surface area contributed by atoms with Gasteiger partial charge in [0.25, 0.3) is 0 Å². The number of rotatable bonds is 4. The number of aromatic amines is 1. The molecule has 0 saturated carbocycles. The molecule has 8 heteroatoms. The van der Waals surface area contributed by atoms with E-state index >= 15 is 0 Å². The summed E-state index contributed by atoms with van der Waals surface area (Å²) in [5.41, 5.74) is 5.04. The molecule has 0 saturated heterocycles. The molecule has 138 valence electrons. The van der Waals surface area contributed by atoms with E-state index in [4.69, 9.17) is 9.97 Å². The van der Waals surface area contributed by atoms with Gasteiger partial charge in [-0.05, 0) is 38.1 Å². The van der Waals surface area contributed by atoms with Gasteiger partial charge in [0.2, 0.25) is 0 Å². The third kappa shape index (κ3) is 2.66. The summed E-state index contributed by atoms with van der Waals surface area (Å²) >= 11 is 0. The molecule has 1 unspecified atom stereocenters. The number of hydrogen-bond donors (Lipinski definition) is 2. The summed E-state index contributed by atoms with van der Waals surface area (Å²) in [5.74, 6) is 1.51. The first kappa shape index (κ1) is 16.4. The summed E-state index contributed by atoms with van der Waals surface area (Å²) in [6.45, 7) is 4.03. The summed E-state index contributed by atoms with van der Waals surface area (Å²) in [4.78, 5) is 25.5. The largest absolute Gasteiger partial charge is 0.358 e. The maximum Gasteiger partial charge on any atom is 0.164 e. The highest BCUT2D eigenvalue weighted by atomic mass is 15.2. The number of H-pyrrole nitrogens is 1. The number of fused-ring (bicyclic) bond motifs is 2. The molecule has 0 aliphatic carbocycles. The van der Waals surface area contributed by atoms with Gasteiger partial charge in [-0.25, -0.2) is 24.9 Å². The first-order chi connectivity index (χ1) is 13.7. The van der Waals surface area contributed by atoms with E-state index in [1.807, 2.05) is 44.2 Å². The zero-order valence-corrected chi connectivity index (χ0v) is 15.5. The van der Waals surface area contributed by atoms with Crippen LogP contribution in [0.3, 0.4) is 0 Å². The number of nitrogens with zero attached hydrogens (tertiary/aromatic N) is 6. The van der Waals surface area contributed by atoms with Crippen molar-refractivity contribution in [2.75, 3.05) is 5.32 Å². The lowest BCUT2D eigenvalue weighted by atomic mass is 10.2. The van der Waals surface area contributed by atoms with E-state index in [0.717, 1.165) is 28.4 Å². The quantitative estimate of drug-likeness (QED) is 0.502. The Morgan fingerprint density at radius 1 is 1.00 bits per heavy atom. The molecule has 1 aromatic carbocycles. The van der Waals surface area contributed by atoms with Gasteiger partial charge in [0, 0.05) is 11.4 Å². The highest BCUT2D eigenvalue weighted by Gasteiger charge is 2.20. The Morgan fingerprint density at radius 2 is 1.86 bits per heavy atom. The van der Waals surface area contributed by atoms with Gasteiger partial charge in [0.1, 0.15) is 23.2 Å². The minimum atomic E-state index is -0.135. The zero-order valence-electron chi connectivity index (χ0n) is 15.5. The predicted molar refractivity (Wildman–Crippen MR) is 107 cm³/mol. The van der Waals surface area contributed by atoms with Gasteiger partial charge in [-0.3, -0.25) is 4.57 Å². The molecule has 0 amide bonds. The first-order valence-corrected chi connectivity index (χ1v) is 9.03. The molecule has 4 heterocycles. The fraction of sp³-hybridized carbons (Fsp3) is 0.150. The van der Waals surface area contributed by atoms with E-state index in [0.29, 0.717) is 17.0 Å². The molecule has 0 fully saturated rings. The van der Waals surface area contributed by atoms with E-state index in [1.165, 1.54) is 6.33 Å². The van der Waals surface area contributed by atoms with Crippen LogP contribution in [0.4, 0.5) is 5.82 Å². The fourth-order valence-electron chi connectivity index (χ4n) is 3.33. The summed E-state index contributed by atoms with van der Waals surface area (Å²) in [7, 11) is 0. The Labute approximate surface area is 160 Å². The second-order valence-corrected chi connectivity index (χ2v) is 6.62. The highest BCUT2D eigenvalue weighted by Crippen LogP contribution is 2.27. The average molecular weight is 370 g/mol. The molecule has 0 aliphatic rings. The van der Waals surface area contributed by atoms with Crippen LogP contribution in [0.2, 0.25) is 0 Å². The molecular formula is C20H18N8. The van der Waals surface area contributed by atoms with E-state index in [2.05, 4.69) is 42.0 Å². The average Bonchev–Trinajstić information content (AvgIpc) is 3.33. The van der Waals surface area contributed by atoms with Gasteiger partial charge >= 0.3 is 0 Å². The lowest BCUT2D eigenvalue weighted by molar-refractivity contribution is 0.767. The lowest BCUT2D eigenvalue weighted by Crippen LogP contribution is -2.14. The van der Waals surface area contributed by atoms with Gasteiger partial charge in [0.05, 0.1) is 12.4 Å². The zero-order chi connectivity index (χ0) is 19.1. The number of aryl methyl sites for hydroxylation is 1. The molecule has 5 rings (SSSR count). The molecule has 0 aliphatic heterocycles. The van der Waals surface area contributed by atoms with Crippen molar-refractivity contribution in [1.29, 1.82) is 0 Å². The van der Waals surface area contributed by atoms with Crippen LogP contribution in [-0.2, 0) is 0 Å². The molecule has 0 radical (unpaired) electrons. The van der Waals surface area contributed by atoms with Gasteiger partial charge in [-0.2, -0.15) is 0 Å². The van der Waals surface area contributed by atoms with E-state index < -0.39 is 0 Å². The Bertz CT molecular complexity index is 1270. The molecule has 0 bridgehead atoms. The fourth-order valence-corrected chi connectivity index (χ4v) is 3.33. The van der Waals surface area contributed by atoms with Crippen LogP contribution >= 0.6 is 0 Å². The number of hydrogen-bond acceptors (Lipinski definition) is 6. The third-order valence-electron chi connectivity index (χ3n) is 4.64. The Kier molecular flexibility index (Phi) is 3.75. The number of benzene rings is 1. The number of aromatic nitrogens is 7. The van der Waals surface area contributed by atoms with Crippen LogP contribution in [0, 0.1) is 6.92 Å². The summed E-state index contributed by atoms with van der Waals surface area (Å²) < 4.78 is 2.09. The molecule has 2 N–H and O–H groups in total. The van der Waals surface area contributed by atoms with Gasteiger partial charge in [-0.15, -0.1) is 0 Å². The van der Waals surface area contributed by atoms with Crippen LogP contribution in [0.25, 0.3) is 28.0 Å². The van der Waals surface area contributed by atoms with E-state index in [-0.39, 0.29) is 6.04 Å². The van der Waals surface area contributed by atoms with Crippen LogP contribution < -0.4 is 5.32 Å². The number of para-hydroxylation sites is 1. The van der Waals surface area contributed by atoms with Crippen LogP contribution in [0.15, 0.2) is 55.1 Å². The van der Waals surface area contributed by atoms with Crippen LogP contribution in [0.5, 0.6) is 0 Å². The minimum absolute atomic E-state index is 0.135. The maximum absolute atomic E-state index is 4.86. The maximum atomic E-state index is 4.86. The van der Waals surface area contributed by atoms with E-state index in [1.54, 1.807) is 6.33 Å². The molecular weight excluding hydrogens is 352 g/mol. The second-order valence-electron chi connectivity index (χ2n) is 6.62. The third-order valence-corrected chi connectivity index (χ3v) is 4.64. The highest BCUT2D eigenvalue weighted by molar-refractivity contribution is 5.82. The van der Waals surface area contributed by atoms with Gasteiger partial charge in [0.15, 0.2) is 17.1 Å². The van der Waals surface area contributed by atoms with Crippen molar-refractivity contribution in [3.8, 4) is 5.69 Å². The molecule has 1 atom stereocenters. The van der Waals surface area contributed by atoms with Crippen LogP contribution in [0.1, 0.15) is 24.5 Å². The topological polar surface area (TPSA) is 97.2 Å². The number of nitrogens with one attached hydrogen (secondary N) is 2. The molecule has 0 spiro atoms. The second kappa shape index (κ2) is 6.41. The standard InChI is InChI=1S/C20H18N8/c1-12-8-9-15-20(25-12)28(14-6-4-3-5-7-14)19(27-15)13(2)26-18-16-17(22-10-21-16)23-11-24-18/h3-11,13H,1-2H3,(H2,21,22,23,24,26). The Balaban J connectivity index is 1.64. The van der Waals surface area contributed by atoms with Crippen molar-refractivity contribution >= 4 is 28.1 Å². The van der Waals surface area contributed by atoms with Gasteiger partial charge in [-0.1, -0.05) is 18.2 Å². The Hall–Kier alpha value is -3.81. The van der Waals surface area contributed by atoms with Crippen molar-refractivity contribution in [2.45, 2.75) is 19.9 Å². The minimum Gasteiger partial charge on any atom is -0.358 e. The normalized spacial score (nSPS) is 12.5. The number of pyridine rings is 1. The Morgan fingerprint density at radius 3 is 2.71 bits per heavy atom. The SMILES string of the molecule is Cc1ccc2nc(C(C)Nc3ncnc4[nH]cnc34)n(-c3ccccc3)c2n1. The monoisotopic (exact) mass is 370 g/mol. The van der Waals surface area contributed by atoms with Crippen molar-refractivity contribution < 1.29 is 0 Å².